The van der Waals surface area contributed by atoms with Crippen molar-refractivity contribution in [3.05, 3.63) is 24.0 Å². The molecule has 3 heterocycles. The van der Waals surface area contributed by atoms with E-state index in [9.17, 15) is 0 Å². The second-order valence-corrected chi connectivity index (χ2v) is 4.30. The molecule has 78 valence electrons. The van der Waals surface area contributed by atoms with E-state index in [0.717, 1.165) is 18.7 Å². The van der Waals surface area contributed by atoms with Gasteiger partial charge in [0.15, 0.2) is 5.65 Å². The molecule has 0 N–H and O–H groups in total. The Morgan fingerprint density at radius 2 is 2.13 bits per heavy atom. The summed E-state index contributed by atoms with van der Waals surface area (Å²) in [6, 6.07) is 4.10. The van der Waals surface area contributed by atoms with E-state index < -0.39 is 0 Å². The molecule has 1 aliphatic heterocycles. The quantitative estimate of drug-likeness (QED) is 0.691. The predicted octanol–water partition coefficient (Wildman–Crippen LogP) is 0.997. The van der Waals surface area contributed by atoms with Crippen LogP contribution in [0.2, 0.25) is 0 Å². The number of aryl methyl sites for hydroxylation is 1. The number of pyridine rings is 1. The predicted molar refractivity (Wildman–Crippen MR) is 58.7 cm³/mol. The molecule has 0 amide bonds. The van der Waals surface area contributed by atoms with Crippen LogP contribution in [-0.2, 0) is 7.05 Å². The SMILES string of the molecule is CN1CC(c2nn(C)c3ncccc23)C1. The lowest BCUT2D eigenvalue weighted by Crippen LogP contribution is -2.42. The minimum absolute atomic E-state index is 0.586. The van der Waals surface area contributed by atoms with Gasteiger partial charge >= 0.3 is 0 Å². The van der Waals surface area contributed by atoms with Crippen molar-refractivity contribution in [3.8, 4) is 0 Å². The van der Waals surface area contributed by atoms with Crippen molar-refractivity contribution >= 4 is 11.0 Å². The van der Waals surface area contributed by atoms with E-state index in [-0.39, 0.29) is 0 Å². The summed E-state index contributed by atoms with van der Waals surface area (Å²) in [4.78, 5) is 6.66. The van der Waals surface area contributed by atoms with E-state index in [2.05, 4.69) is 28.1 Å². The molecule has 1 aliphatic rings. The number of hydrogen-bond donors (Lipinski definition) is 0. The zero-order chi connectivity index (χ0) is 10.4. The highest BCUT2D eigenvalue weighted by atomic mass is 15.3. The average molecular weight is 202 g/mol. The molecule has 0 spiro atoms. The van der Waals surface area contributed by atoms with E-state index in [4.69, 9.17) is 0 Å². The number of fused-ring (bicyclic) bond motifs is 1. The minimum Gasteiger partial charge on any atom is -0.305 e. The number of rotatable bonds is 1. The van der Waals surface area contributed by atoms with Crippen molar-refractivity contribution in [2.75, 3.05) is 20.1 Å². The Morgan fingerprint density at radius 1 is 1.33 bits per heavy atom. The van der Waals surface area contributed by atoms with Crippen LogP contribution in [0.25, 0.3) is 11.0 Å². The van der Waals surface area contributed by atoms with Gasteiger partial charge in [0.1, 0.15) is 0 Å². The summed E-state index contributed by atoms with van der Waals surface area (Å²) in [5.74, 6) is 0.586. The maximum atomic E-state index is 4.57. The van der Waals surface area contributed by atoms with Gasteiger partial charge in [-0.05, 0) is 19.2 Å². The van der Waals surface area contributed by atoms with Gasteiger partial charge in [0, 0.05) is 37.6 Å². The fourth-order valence-electron chi connectivity index (χ4n) is 2.29. The van der Waals surface area contributed by atoms with Gasteiger partial charge in [0.05, 0.1) is 5.69 Å². The smallest absolute Gasteiger partial charge is 0.157 e. The van der Waals surface area contributed by atoms with Crippen LogP contribution < -0.4 is 0 Å². The van der Waals surface area contributed by atoms with Crippen LogP contribution in [0, 0.1) is 0 Å². The van der Waals surface area contributed by atoms with Crippen LogP contribution >= 0.6 is 0 Å². The van der Waals surface area contributed by atoms with Crippen molar-refractivity contribution in [1.82, 2.24) is 19.7 Å². The largest absolute Gasteiger partial charge is 0.305 e. The van der Waals surface area contributed by atoms with Crippen molar-refractivity contribution in [2.45, 2.75) is 5.92 Å². The summed E-state index contributed by atoms with van der Waals surface area (Å²) < 4.78 is 1.88. The standard InChI is InChI=1S/C11H14N4/c1-14-6-8(7-14)10-9-4-3-5-12-11(9)15(2)13-10/h3-5,8H,6-7H2,1-2H3. The fraction of sp³-hybridized carbons (Fsp3) is 0.455. The molecular formula is C11H14N4. The highest BCUT2D eigenvalue weighted by molar-refractivity contribution is 5.78. The Bertz CT molecular complexity index is 496. The summed E-state index contributed by atoms with van der Waals surface area (Å²) in [5.41, 5.74) is 2.20. The third kappa shape index (κ3) is 1.25. The number of hydrogen-bond acceptors (Lipinski definition) is 3. The zero-order valence-corrected chi connectivity index (χ0v) is 9.01. The van der Waals surface area contributed by atoms with Crippen LogP contribution in [-0.4, -0.2) is 39.8 Å². The van der Waals surface area contributed by atoms with E-state index in [1.165, 1.54) is 11.1 Å². The molecule has 4 heteroatoms. The van der Waals surface area contributed by atoms with Gasteiger partial charge in [-0.2, -0.15) is 5.10 Å². The van der Waals surface area contributed by atoms with Crippen LogP contribution in [0.4, 0.5) is 0 Å². The van der Waals surface area contributed by atoms with Gasteiger partial charge in [-0.15, -0.1) is 0 Å². The highest BCUT2D eigenvalue weighted by Crippen LogP contribution is 2.29. The van der Waals surface area contributed by atoms with Gasteiger partial charge < -0.3 is 4.90 Å². The maximum Gasteiger partial charge on any atom is 0.157 e. The summed E-state index contributed by atoms with van der Waals surface area (Å²) in [6.45, 7) is 2.22. The first-order chi connectivity index (χ1) is 7.25. The first-order valence-electron chi connectivity index (χ1n) is 5.22. The van der Waals surface area contributed by atoms with Crippen LogP contribution in [0.5, 0.6) is 0 Å². The molecule has 4 nitrogen and oxygen atoms in total. The summed E-state index contributed by atoms with van der Waals surface area (Å²) in [6.07, 6.45) is 1.82. The molecular weight excluding hydrogens is 188 g/mol. The Labute approximate surface area is 88.5 Å². The first kappa shape index (κ1) is 8.85. The molecule has 0 aliphatic carbocycles. The molecule has 3 rings (SSSR count). The summed E-state index contributed by atoms with van der Waals surface area (Å²) >= 11 is 0. The van der Waals surface area contributed by atoms with E-state index in [1.807, 2.05) is 24.0 Å². The van der Waals surface area contributed by atoms with Crippen molar-refractivity contribution < 1.29 is 0 Å². The fourth-order valence-corrected chi connectivity index (χ4v) is 2.29. The molecule has 15 heavy (non-hydrogen) atoms. The van der Waals surface area contributed by atoms with E-state index in [1.54, 1.807) is 0 Å². The van der Waals surface area contributed by atoms with Crippen LogP contribution in [0.3, 0.4) is 0 Å². The molecule has 0 aromatic carbocycles. The highest BCUT2D eigenvalue weighted by Gasteiger charge is 2.29. The summed E-state index contributed by atoms with van der Waals surface area (Å²) in [5, 5.41) is 5.78. The van der Waals surface area contributed by atoms with E-state index >= 15 is 0 Å². The average Bonchev–Trinajstić information content (AvgIpc) is 2.52. The second-order valence-electron chi connectivity index (χ2n) is 4.30. The molecule has 0 atom stereocenters. The minimum atomic E-state index is 0.586. The molecule has 0 saturated carbocycles. The number of aromatic nitrogens is 3. The van der Waals surface area contributed by atoms with Gasteiger partial charge in [-0.3, -0.25) is 4.68 Å². The van der Waals surface area contributed by atoms with Crippen LogP contribution in [0.15, 0.2) is 18.3 Å². The molecule has 1 fully saturated rings. The van der Waals surface area contributed by atoms with Crippen molar-refractivity contribution in [2.24, 2.45) is 7.05 Å². The molecule has 0 unspecified atom stereocenters. The lowest BCUT2D eigenvalue weighted by molar-refractivity contribution is 0.187. The lowest BCUT2D eigenvalue weighted by Gasteiger charge is -2.35. The molecule has 2 aromatic rings. The third-order valence-electron chi connectivity index (χ3n) is 3.08. The van der Waals surface area contributed by atoms with Gasteiger partial charge in [0.25, 0.3) is 0 Å². The third-order valence-corrected chi connectivity index (χ3v) is 3.08. The number of nitrogens with zero attached hydrogens (tertiary/aromatic N) is 4. The topological polar surface area (TPSA) is 34.0 Å². The summed E-state index contributed by atoms with van der Waals surface area (Å²) in [7, 11) is 4.10. The molecule has 1 saturated heterocycles. The number of likely N-dealkylation sites (tertiary alicyclic amines) is 1. The monoisotopic (exact) mass is 202 g/mol. The zero-order valence-electron chi connectivity index (χ0n) is 9.01. The Morgan fingerprint density at radius 3 is 2.87 bits per heavy atom. The maximum absolute atomic E-state index is 4.57. The van der Waals surface area contributed by atoms with E-state index in [0.29, 0.717) is 5.92 Å². The molecule has 2 aromatic heterocycles. The Balaban J connectivity index is 2.11. The first-order valence-corrected chi connectivity index (χ1v) is 5.22. The van der Waals surface area contributed by atoms with Gasteiger partial charge in [-0.1, -0.05) is 0 Å². The normalized spacial score (nSPS) is 18.3. The molecule has 0 bridgehead atoms. The van der Waals surface area contributed by atoms with Gasteiger partial charge in [0.2, 0.25) is 0 Å². The van der Waals surface area contributed by atoms with Crippen LogP contribution in [0.1, 0.15) is 11.6 Å². The Hall–Kier alpha value is -1.42. The van der Waals surface area contributed by atoms with Crippen molar-refractivity contribution in [1.29, 1.82) is 0 Å². The molecule has 0 radical (unpaired) electrons. The number of likely N-dealkylation sites (N-methyl/N-ethyl adjacent to an activating group) is 1. The Kier molecular flexibility index (Phi) is 1.79. The van der Waals surface area contributed by atoms with Crippen molar-refractivity contribution in [3.63, 3.8) is 0 Å². The second kappa shape index (κ2) is 3.03. The lowest BCUT2D eigenvalue weighted by atomic mass is 9.95. The van der Waals surface area contributed by atoms with Gasteiger partial charge in [-0.25, -0.2) is 4.98 Å².